The molecule has 1 aliphatic carbocycles. The molecule has 0 N–H and O–H groups in total. The molecule has 0 amide bonds. The average molecular weight is 814 g/mol. The van der Waals surface area contributed by atoms with Crippen LogP contribution in [0, 0.1) is 0 Å². The van der Waals surface area contributed by atoms with Crippen LogP contribution in [0.2, 0.25) is 0 Å². The highest BCUT2D eigenvalue weighted by Crippen LogP contribution is 2.57. The molecule has 0 aliphatic heterocycles. The van der Waals surface area contributed by atoms with E-state index in [4.69, 9.17) is 0 Å². The van der Waals surface area contributed by atoms with Gasteiger partial charge in [0.15, 0.2) is 0 Å². The van der Waals surface area contributed by atoms with Crippen molar-refractivity contribution in [3.8, 4) is 44.5 Å². The molecule has 12 rings (SSSR count). The first-order valence-electron chi connectivity index (χ1n) is 22.2. The minimum atomic E-state index is -0.511. The fourth-order valence-electron chi connectivity index (χ4n) is 10.3. The van der Waals surface area contributed by atoms with Gasteiger partial charge in [-0.2, -0.15) is 0 Å². The summed E-state index contributed by atoms with van der Waals surface area (Å²) in [5.41, 5.74) is 17.6. The highest BCUT2D eigenvalue weighted by Gasteiger charge is 2.46. The first-order valence-corrected chi connectivity index (χ1v) is 22.2. The fraction of sp³-hybridized carbons (Fsp3) is 0.0159. The van der Waals surface area contributed by atoms with Crippen LogP contribution in [0.25, 0.3) is 66.1 Å². The topological polar surface area (TPSA) is 3.24 Å². The second-order valence-electron chi connectivity index (χ2n) is 16.9. The first kappa shape index (κ1) is 37.5. The van der Waals surface area contributed by atoms with E-state index < -0.39 is 5.41 Å². The van der Waals surface area contributed by atoms with Crippen molar-refractivity contribution in [1.29, 1.82) is 0 Å². The maximum absolute atomic E-state index is 2.46. The lowest BCUT2D eigenvalue weighted by Gasteiger charge is -2.35. The molecule has 0 aromatic heterocycles. The highest BCUT2D eigenvalue weighted by atomic mass is 15.1. The maximum atomic E-state index is 2.46. The third-order valence-electron chi connectivity index (χ3n) is 13.3. The van der Waals surface area contributed by atoms with E-state index in [2.05, 4.69) is 266 Å². The van der Waals surface area contributed by atoms with Crippen molar-refractivity contribution in [2.24, 2.45) is 0 Å². The van der Waals surface area contributed by atoms with Crippen LogP contribution in [0.4, 0.5) is 17.1 Å². The van der Waals surface area contributed by atoms with Gasteiger partial charge in [-0.05, 0) is 137 Å². The molecule has 0 saturated heterocycles. The van der Waals surface area contributed by atoms with Crippen molar-refractivity contribution in [2.75, 3.05) is 4.90 Å². The molecule has 11 aromatic carbocycles. The monoisotopic (exact) mass is 813 g/mol. The van der Waals surface area contributed by atoms with Gasteiger partial charge in [0.25, 0.3) is 0 Å². The predicted molar refractivity (Wildman–Crippen MR) is 270 cm³/mol. The Morgan fingerprint density at radius 2 is 0.672 bits per heavy atom. The normalized spacial score (nSPS) is 12.5. The van der Waals surface area contributed by atoms with Crippen LogP contribution >= 0.6 is 0 Å². The molecule has 0 bridgehead atoms. The van der Waals surface area contributed by atoms with Crippen LogP contribution in [-0.4, -0.2) is 0 Å². The summed E-state index contributed by atoms with van der Waals surface area (Å²) < 4.78 is 0. The summed E-state index contributed by atoms with van der Waals surface area (Å²) in [6.45, 7) is 0. The quantitative estimate of drug-likeness (QED) is 0.138. The lowest BCUT2D eigenvalue weighted by molar-refractivity contribution is 0.768. The summed E-state index contributed by atoms with van der Waals surface area (Å²) in [4.78, 5) is 2.44. The number of benzene rings is 11. The maximum Gasteiger partial charge on any atom is 0.0714 e. The Kier molecular flexibility index (Phi) is 9.13. The Hall–Kier alpha value is -8.26. The van der Waals surface area contributed by atoms with Crippen LogP contribution < -0.4 is 4.90 Å². The summed E-state index contributed by atoms with van der Waals surface area (Å²) in [6, 6.07) is 95.9. The van der Waals surface area contributed by atoms with Crippen molar-refractivity contribution in [1.82, 2.24) is 0 Å². The van der Waals surface area contributed by atoms with Crippen molar-refractivity contribution >= 4 is 38.6 Å². The standard InChI is InChI=1S/C63H43N/c1-5-16-44(17-6-1)46-34-36-54(37-35-46)64(56-38-39-58-57-26-13-14-27-61(57)63(62(58)43-56,52-21-9-3-10-22-52)53-23-11-4-12-24-53)55-25-15-20-49(40-55)51-33-31-48-29-28-47-30-32-50(41-59(47)60(48)42-51)45-18-7-2-8-19-45/h1-43H. The van der Waals surface area contributed by atoms with Crippen LogP contribution in [0.15, 0.2) is 261 Å². The molecule has 1 heteroatoms. The van der Waals surface area contributed by atoms with E-state index in [1.807, 2.05) is 0 Å². The Labute approximate surface area is 374 Å². The van der Waals surface area contributed by atoms with Crippen LogP contribution in [-0.2, 0) is 5.41 Å². The van der Waals surface area contributed by atoms with Gasteiger partial charge in [0, 0.05) is 17.1 Å². The molecule has 0 heterocycles. The van der Waals surface area contributed by atoms with Crippen LogP contribution in [0.3, 0.4) is 0 Å². The molecule has 0 saturated carbocycles. The lowest BCUT2D eigenvalue weighted by atomic mass is 9.67. The van der Waals surface area contributed by atoms with E-state index in [0.29, 0.717) is 0 Å². The Bertz CT molecular complexity index is 3430. The van der Waals surface area contributed by atoms with Gasteiger partial charge in [-0.25, -0.2) is 0 Å². The summed E-state index contributed by atoms with van der Waals surface area (Å²) in [7, 11) is 0. The molecule has 0 unspecified atom stereocenters. The summed E-state index contributed by atoms with van der Waals surface area (Å²) in [5.74, 6) is 0. The minimum Gasteiger partial charge on any atom is -0.310 e. The number of hydrogen-bond acceptors (Lipinski definition) is 1. The van der Waals surface area contributed by atoms with Crippen LogP contribution in [0.1, 0.15) is 22.3 Å². The number of hydrogen-bond donors (Lipinski definition) is 0. The van der Waals surface area contributed by atoms with Gasteiger partial charge >= 0.3 is 0 Å². The van der Waals surface area contributed by atoms with Crippen LogP contribution in [0.5, 0.6) is 0 Å². The Balaban J connectivity index is 1.04. The molecule has 1 aliphatic rings. The molecule has 0 spiro atoms. The third kappa shape index (κ3) is 6.24. The zero-order valence-electron chi connectivity index (χ0n) is 35.3. The summed E-state index contributed by atoms with van der Waals surface area (Å²) in [5, 5.41) is 4.99. The zero-order valence-corrected chi connectivity index (χ0v) is 35.3. The minimum absolute atomic E-state index is 0.511. The van der Waals surface area contributed by atoms with E-state index in [9.17, 15) is 0 Å². The summed E-state index contributed by atoms with van der Waals surface area (Å²) >= 11 is 0. The largest absolute Gasteiger partial charge is 0.310 e. The third-order valence-corrected chi connectivity index (χ3v) is 13.3. The average Bonchev–Trinajstić information content (AvgIpc) is 3.68. The predicted octanol–water partition coefficient (Wildman–Crippen LogP) is 16.8. The molecule has 300 valence electrons. The zero-order chi connectivity index (χ0) is 42.5. The lowest BCUT2D eigenvalue weighted by Crippen LogP contribution is -2.28. The van der Waals surface area contributed by atoms with Crippen molar-refractivity contribution < 1.29 is 0 Å². The number of rotatable bonds is 8. The van der Waals surface area contributed by atoms with E-state index in [1.165, 1.54) is 82.7 Å². The smallest absolute Gasteiger partial charge is 0.0714 e. The van der Waals surface area contributed by atoms with E-state index in [0.717, 1.165) is 22.6 Å². The second-order valence-corrected chi connectivity index (χ2v) is 16.9. The SMILES string of the molecule is c1ccc(-c2ccc(N(c3cccc(-c4ccc5ccc6ccc(-c7ccccc7)cc6c5c4)c3)c3ccc4c(c3)C(c3ccccc3)(c3ccccc3)c3ccccc3-4)cc2)cc1. The number of fused-ring (bicyclic) bond motifs is 6. The molecular formula is C63H43N. The van der Waals surface area contributed by atoms with E-state index >= 15 is 0 Å². The Morgan fingerprint density at radius 3 is 1.30 bits per heavy atom. The van der Waals surface area contributed by atoms with E-state index in [-0.39, 0.29) is 0 Å². The molecule has 0 fully saturated rings. The first-order chi connectivity index (χ1) is 31.7. The molecule has 0 atom stereocenters. The van der Waals surface area contributed by atoms with E-state index in [1.54, 1.807) is 0 Å². The fourth-order valence-corrected chi connectivity index (χ4v) is 10.3. The molecule has 64 heavy (non-hydrogen) atoms. The number of anilines is 3. The van der Waals surface area contributed by atoms with Crippen molar-refractivity contribution in [3.05, 3.63) is 283 Å². The Morgan fingerprint density at radius 1 is 0.250 bits per heavy atom. The van der Waals surface area contributed by atoms with Gasteiger partial charge in [0.05, 0.1) is 5.41 Å². The second kappa shape index (κ2) is 15.6. The van der Waals surface area contributed by atoms with Gasteiger partial charge in [-0.1, -0.05) is 212 Å². The van der Waals surface area contributed by atoms with Gasteiger partial charge in [0.2, 0.25) is 0 Å². The van der Waals surface area contributed by atoms with Crippen molar-refractivity contribution in [3.63, 3.8) is 0 Å². The summed E-state index contributed by atoms with van der Waals surface area (Å²) in [6.07, 6.45) is 0. The highest BCUT2D eigenvalue weighted by molar-refractivity contribution is 6.10. The molecular weight excluding hydrogens is 771 g/mol. The van der Waals surface area contributed by atoms with Gasteiger partial charge in [-0.3, -0.25) is 0 Å². The van der Waals surface area contributed by atoms with Gasteiger partial charge in [-0.15, -0.1) is 0 Å². The molecule has 0 radical (unpaired) electrons. The molecule has 11 aromatic rings. The number of nitrogens with zero attached hydrogens (tertiary/aromatic N) is 1. The van der Waals surface area contributed by atoms with Gasteiger partial charge < -0.3 is 4.90 Å². The van der Waals surface area contributed by atoms with Crippen molar-refractivity contribution in [2.45, 2.75) is 5.41 Å². The van der Waals surface area contributed by atoms with Gasteiger partial charge in [0.1, 0.15) is 0 Å². The molecule has 1 nitrogen and oxygen atoms in total.